The highest BCUT2D eigenvalue weighted by Crippen LogP contribution is 2.26. The van der Waals surface area contributed by atoms with Gasteiger partial charge in [0.25, 0.3) is 5.91 Å². The smallest absolute Gasteiger partial charge is 0.269 e. The molecular formula is C19H24N4O2. The van der Waals surface area contributed by atoms with E-state index in [9.17, 15) is 9.59 Å². The fourth-order valence-corrected chi connectivity index (χ4v) is 3.41. The number of rotatable bonds is 5. The fraction of sp³-hybridized carbons (Fsp3) is 0.421. The summed E-state index contributed by atoms with van der Waals surface area (Å²) < 4.78 is 0. The lowest BCUT2D eigenvalue weighted by molar-refractivity contribution is -0.132. The molecule has 1 aromatic carbocycles. The molecule has 0 bridgehead atoms. The van der Waals surface area contributed by atoms with Crippen LogP contribution in [0.25, 0.3) is 0 Å². The molecule has 0 saturated carbocycles. The van der Waals surface area contributed by atoms with Crippen molar-refractivity contribution in [2.24, 2.45) is 5.73 Å². The maximum Gasteiger partial charge on any atom is 0.269 e. The predicted octanol–water partition coefficient (Wildman–Crippen LogP) is 2.16. The van der Waals surface area contributed by atoms with Crippen molar-refractivity contribution in [2.45, 2.75) is 38.5 Å². The average Bonchev–Trinajstić information content (AvgIpc) is 3.10. The third kappa shape index (κ3) is 4.26. The van der Waals surface area contributed by atoms with Crippen LogP contribution in [0.3, 0.4) is 0 Å². The van der Waals surface area contributed by atoms with E-state index in [2.05, 4.69) is 35.3 Å². The molecule has 2 heterocycles. The van der Waals surface area contributed by atoms with Crippen molar-refractivity contribution in [1.29, 1.82) is 0 Å². The normalized spacial score (nSPS) is 17.5. The fourth-order valence-electron chi connectivity index (χ4n) is 3.41. The summed E-state index contributed by atoms with van der Waals surface area (Å²) in [5, 5.41) is 6.83. The first kappa shape index (κ1) is 17.2. The molecule has 25 heavy (non-hydrogen) atoms. The Kier molecular flexibility index (Phi) is 5.16. The number of aromatic amines is 1. The number of carbonyl (C=O) groups excluding carboxylic acids is 2. The molecule has 1 unspecified atom stereocenters. The van der Waals surface area contributed by atoms with Gasteiger partial charge in [0.2, 0.25) is 5.91 Å². The van der Waals surface area contributed by atoms with Crippen LogP contribution < -0.4 is 5.73 Å². The number of nitrogens with zero attached hydrogens (tertiary/aromatic N) is 2. The molecule has 132 valence electrons. The topological polar surface area (TPSA) is 92.1 Å². The minimum absolute atomic E-state index is 0.178. The van der Waals surface area contributed by atoms with Crippen LogP contribution >= 0.6 is 0 Å². The van der Waals surface area contributed by atoms with Crippen molar-refractivity contribution < 1.29 is 9.59 Å². The summed E-state index contributed by atoms with van der Waals surface area (Å²) in [7, 11) is 0. The van der Waals surface area contributed by atoms with Crippen LogP contribution in [0.4, 0.5) is 0 Å². The van der Waals surface area contributed by atoms with Gasteiger partial charge >= 0.3 is 0 Å². The third-order valence-corrected chi connectivity index (χ3v) is 4.77. The number of carbonyl (C=O) groups is 2. The van der Waals surface area contributed by atoms with Crippen molar-refractivity contribution in [3.05, 3.63) is 52.8 Å². The van der Waals surface area contributed by atoms with Crippen LogP contribution in [-0.4, -0.2) is 40.0 Å². The van der Waals surface area contributed by atoms with E-state index < -0.39 is 5.91 Å². The van der Waals surface area contributed by atoms with E-state index in [1.54, 1.807) is 6.07 Å². The maximum absolute atomic E-state index is 12.6. The molecule has 1 aliphatic rings. The first-order valence-corrected chi connectivity index (χ1v) is 8.71. The third-order valence-electron chi connectivity index (χ3n) is 4.77. The molecule has 1 fully saturated rings. The SMILES string of the molecule is Cc1cccc(CCC(=O)N2CCCC(c3cc(C(N)=O)n[nH]3)C2)c1. The predicted molar refractivity (Wildman–Crippen MR) is 95.2 cm³/mol. The van der Waals surface area contributed by atoms with Crippen LogP contribution in [-0.2, 0) is 11.2 Å². The Hall–Kier alpha value is -2.63. The summed E-state index contributed by atoms with van der Waals surface area (Å²) in [5.41, 5.74) is 8.79. The highest BCUT2D eigenvalue weighted by molar-refractivity contribution is 5.90. The zero-order valence-corrected chi connectivity index (χ0v) is 14.5. The minimum Gasteiger partial charge on any atom is -0.364 e. The number of nitrogens with two attached hydrogens (primary N) is 1. The highest BCUT2D eigenvalue weighted by Gasteiger charge is 2.26. The van der Waals surface area contributed by atoms with Crippen LogP contribution in [0.1, 0.15) is 52.5 Å². The van der Waals surface area contributed by atoms with Gasteiger partial charge in [0.1, 0.15) is 5.69 Å². The van der Waals surface area contributed by atoms with Gasteiger partial charge in [-0.2, -0.15) is 5.10 Å². The van der Waals surface area contributed by atoms with Gasteiger partial charge in [-0.1, -0.05) is 29.8 Å². The molecule has 1 aromatic heterocycles. The zero-order valence-electron chi connectivity index (χ0n) is 14.5. The number of benzene rings is 1. The van der Waals surface area contributed by atoms with E-state index in [1.807, 2.05) is 11.0 Å². The van der Waals surface area contributed by atoms with Crippen molar-refractivity contribution in [2.75, 3.05) is 13.1 Å². The van der Waals surface area contributed by atoms with Gasteiger partial charge in [-0.3, -0.25) is 14.7 Å². The van der Waals surface area contributed by atoms with E-state index in [0.29, 0.717) is 13.0 Å². The molecule has 0 radical (unpaired) electrons. The van der Waals surface area contributed by atoms with E-state index in [4.69, 9.17) is 5.73 Å². The van der Waals surface area contributed by atoms with Gasteiger partial charge in [-0.05, 0) is 37.8 Å². The zero-order chi connectivity index (χ0) is 17.8. The van der Waals surface area contributed by atoms with Crippen LogP contribution in [0.2, 0.25) is 0 Å². The van der Waals surface area contributed by atoms with Crippen molar-refractivity contribution in [3.8, 4) is 0 Å². The Morgan fingerprint density at radius 3 is 2.92 bits per heavy atom. The molecule has 0 spiro atoms. The number of hydrogen-bond donors (Lipinski definition) is 2. The number of nitrogens with one attached hydrogen (secondary N) is 1. The Morgan fingerprint density at radius 2 is 2.20 bits per heavy atom. The van der Waals surface area contributed by atoms with E-state index in [1.165, 1.54) is 11.1 Å². The number of primary amides is 1. The van der Waals surface area contributed by atoms with Gasteiger partial charge in [-0.15, -0.1) is 0 Å². The highest BCUT2D eigenvalue weighted by atomic mass is 16.2. The molecule has 1 atom stereocenters. The number of aromatic nitrogens is 2. The number of likely N-dealkylation sites (tertiary alicyclic amines) is 1. The summed E-state index contributed by atoms with van der Waals surface area (Å²) in [5.74, 6) is -0.178. The van der Waals surface area contributed by atoms with Gasteiger partial charge in [0, 0.05) is 31.1 Å². The Balaban J connectivity index is 1.58. The molecule has 3 rings (SSSR count). The molecule has 6 heteroatoms. The van der Waals surface area contributed by atoms with Gasteiger partial charge in [-0.25, -0.2) is 0 Å². The molecule has 3 N–H and O–H groups in total. The van der Waals surface area contributed by atoms with Crippen LogP contribution in [0.15, 0.2) is 30.3 Å². The van der Waals surface area contributed by atoms with Gasteiger partial charge < -0.3 is 10.6 Å². The number of H-pyrrole nitrogens is 1. The molecule has 2 aromatic rings. The lowest BCUT2D eigenvalue weighted by Crippen LogP contribution is -2.39. The summed E-state index contributed by atoms with van der Waals surface area (Å²) in [6.45, 7) is 3.51. The molecule has 1 aliphatic heterocycles. The minimum atomic E-state index is -0.538. The summed E-state index contributed by atoms with van der Waals surface area (Å²) in [6, 6.07) is 9.98. The summed E-state index contributed by atoms with van der Waals surface area (Å²) in [4.78, 5) is 25.7. The first-order chi connectivity index (χ1) is 12.0. The molecular weight excluding hydrogens is 316 g/mol. The summed E-state index contributed by atoms with van der Waals surface area (Å²) >= 11 is 0. The summed E-state index contributed by atoms with van der Waals surface area (Å²) in [6.07, 6.45) is 3.21. The van der Waals surface area contributed by atoms with Crippen LogP contribution in [0.5, 0.6) is 0 Å². The second-order valence-corrected chi connectivity index (χ2v) is 6.74. The average molecular weight is 340 g/mol. The number of hydrogen-bond acceptors (Lipinski definition) is 3. The number of aryl methyl sites for hydroxylation is 2. The Labute approximate surface area is 147 Å². The van der Waals surface area contributed by atoms with Crippen molar-refractivity contribution >= 4 is 11.8 Å². The van der Waals surface area contributed by atoms with E-state index in [-0.39, 0.29) is 17.5 Å². The standard InChI is InChI=1S/C19H24N4O2/c1-13-4-2-5-14(10-13)7-8-18(24)23-9-3-6-15(12-23)16-11-17(19(20)25)22-21-16/h2,4-5,10-11,15H,3,6-9,12H2,1H3,(H2,20,25)(H,21,22). The molecule has 2 amide bonds. The quantitative estimate of drug-likeness (QED) is 0.873. The monoisotopic (exact) mass is 340 g/mol. The lowest BCUT2D eigenvalue weighted by atomic mass is 9.94. The molecule has 6 nitrogen and oxygen atoms in total. The molecule has 0 aliphatic carbocycles. The van der Waals surface area contributed by atoms with Gasteiger partial charge in [0.15, 0.2) is 0 Å². The number of amides is 2. The molecule has 1 saturated heterocycles. The van der Waals surface area contributed by atoms with Gasteiger partial charge in [0.05, 0.1) is 0 Å². The Bertz CT molecular complexity index is 768. The second kappa shape index (κ2) is 7.51. The first-order valence-electron chi connectivity index (χ1n) is 8.71. The Morgan fingerprint density at radius 1 is 1.36 bits per heavy atom. The van der Waals surface area contributed by atoms with E-state index >= 15 is 0 Å². The largest absolute Gasteiger partial charge is 0.364 e. The van der Waals surface area contributed by atoms with Crippen molar-refractivity contribution in [1.82, 2.24) is 15.1 Å². The van der Waals surface area contributed by atoms with Crippen LogP contribution in [0, 0.1) is 6.92 Å². The van der Waals surface area contributed by atoms with E-state index in [0.717, 1.165) is 31.5 Å². The second-order valence-electron chi connectivity index (χ2n) is 6.74. The lowest BCUT2D eigenvalue weighted by Gasteiger charge is -2.32. The van der Waals surface area contributed by atoms with Crippen molar-refractivity contribution in [3.63, 3.8) is 0 Å². The maximum atomic E-state index is 12.6. The number of piperidine rings is 1.